The van der Waals surface area contributed by atoms with Gasteiger partial charge >= 0.3 is 5.97 Å². The number of likely N-dealkylation sites (N-methyl/N-ethyl adjacent to an activating group) is 1. The van der Waals surface area contributed by atoms with Gasteiger partial charge in [-0.15, -0.1) is 0 Å². The van der Waals surface area contributed by atoms with Crippen LogP contribution in [0, 0.1) is 0 Å². The number of aliphatic hydroxyl groups is 2. The second-order valence-corrected chi connectivity index (χ2v) is 16.4. The van der Waals surface area contributed by atoms with Crippen molar-refractivity contribution >= 4 is 23.3 Å². The second kappa shape index (κ2) is 16.4. The number of ketones is 3. The first kappa shape index (κ1) is 43.1. The van der Waals surface area contributed by atoms with Crippen LogP contribution in [0.5, 0.6) is 17.2 Å². The molecule has 0 spiro atoms. The largest absolute Gasteiger partial charge is 0.507 e. The van der Waals surface area contributed by atoms with Gasteiger partial charge in [0.05, 0.1) is 53.8 Å². The molecule has 0 amide bonds. The van der Waals surface area contributed by atoms with Gasteiger partial charge in [0, 0.05) is 49.3 Å². The predicted octanol–water partition coefficient (Wildman–Crippen LogP) is 2.86. The minimum absolute atomic E-state index is 0.00116. The molecule has 59 heavy (non-hydrogen) atoms. The molecule has 5 N–H and O–H groups in total. The van der Waals surface area contributed by atoms with E-state index >= 15 is 0 Å². The number of benzene rings is 2. The van der Waals surface area contributed by atoms with Gasteiger partial charge < -0.3 is 63.6 Å². The highest BCUT2D eigenvalue weighted by atomic mass is 16.7. The lowest BCUT2D eigenvalue weighted by Gasteiger charge is -2.48. The SMILES string of the molecule is CC[C@]1(O)C[C@H](O[C@@H]2C[C@H](N(C)C)[C@H](O[C@@H]3C[C@H](O)[C@H](O[C@@H]4CCC(=O)[C@H](C)O4)[C@H](C)O3)[C@H](C)O2)c2c(cc3c(c2O)C(=O)c2c(O)ccc(O)c2C3=O)[C@@H]1C(=O)OC. The van der Waals surface area contributed by atoms with Gasteiger partial charge in [-0.3, -0.25) is 19.2 Å². The van der Waals surface area contributed by atoms with Gasteiger partial charge in [0.1, 0.15) is 41.5 Å². The number of hydrogen-bond donors (Lipinski definition) is 5. The molecule has 3 heterocycles. The van der Waals surface area contributed by atoms with E-state index in [4.69, 9.17) is 33.2 Å². The maximum Gasteiger partial charge on any atom is 0.316 e. The van der Waals surface area contributed by atoms with E-state index < -0.39 is 125 Å². The maximum atomic E-state index is 14.0. The smallest absolute Gasteiger partial charge is 0.316 e. The van der Waals surface area contributed by atoms with Gasteiger partial charge in [0.15, 0.2) is 30.4 Å². The highest BCUT2D eigenvalue weighted by molar-refractivity contribution is 6.31. The molecule has 0 unspecified atom stereocenters. The van der Waals surface area contributed by atoms with Crippen molar-refractivity contribution in [2.75, 3.05) is 21.2 Å². The molecule has 7 rings (SSSR count). The first-order chi connectivity index (χ1) is 27.9. The number of ether oxygens (including phenoxy) is 7. The van der Waals surface area contributed by atoms with Crippen LogP contribution in [-0.2, 0) is 42.7 Å². The number of phenolic OH excluding ortho intramolecular Hbond substituents is 3. The molecule has 17 heteroatoms. The molecule has 0 bridgehead atoms. The molecule has 322 valence electrons. The van der Waals surface area contributed by atoms with Gasteiger partial charge in [-0.1, -0.05) is 6.92 Å². The lowest BCUT2D eigenvalue weighted by atomic mass is 9.67. The Morgan fingerprint density at radius 2 is 1.47 bits per heavy atom. The molecule has 2 aromatic carbocycles. The van der Waals surface area contributed by atoms with E-state index in [1.54, 1.807) is 27.7 Å². The molecule has 0 aromatic heterocycles. The van der Waals surface area contributed by atoms with Crippen LogP contribution in [0.25, 0.3) is 0 Å². The standard InChI is InChI=1S/C42H53NO16/c1-8-42(52)16-27(31-20(35(42)41(51)53-7)13-21-32(37(31)49)38(50)34-25(46)10-9-24(45)33(34)36(21)48)57-29-14-22(43(5)6)39(18(3)55-29)59-30-15-26(47)40(19(4)56-30)58-28-12-11-23(44)17(2)54-28/h9-10,13,17-19,22,26-30,35,39-40,45-47,49,52H,8,11-12,14-16H2,1-7H3/t17-,18-,19-,22-,26-,27-,28+,29+,30+,35+,39+,40+,42-/m0/s1. The van der Waals surface area contributed by atoms with Crippen molar-refractivity contribution in [3.8, 4) is 17.2 Å². The molecular formula is C42H53NO16. The molecule has 3 saturated heterocycles. The number of Topliss-reactive ketones (excluding diaryl/α,β-unsaturated/α-hetero) is 1. The minimum Gasteiger partial charge on any atom is -0.507 e. The fourth-order valence-corrected chi connectivity index (χ4v) is 9.33. The van der Waals surface area contributed by atoms with E-state index in [2.05, 4.69) is 0 Å². The lowest BCUT2D eigenvalue weighted by Crippen LogP contribution is -2.58. The molecule has 0 saturated carbocycles. The monoisotopic (exact) mass is 827 g/mol. The third-order valence-electron chi connectivity index (χ3n) is 12.5. The first-order valence-corrected chi connectivity index (χ1v) is 20.0. The Hall–Kier alpha value is -4.04. The third-order valence-corrected chi connectivity index (χ3v) is 12.5. The summed E-state index contributed by atoms with van der Waals surface area (Å²) < 4.78 is 42.6. The number of phenols is 3. The van der Waals surface area contributed by atoms with Crippen molar-refractivity contribution in [3.63, 3.8) is 0 Å². The van der Waals surface area contributed by atoms with E-state index in [-0.39, 0.29) is 54.2 Å². The van der Waals surface area contributed by atoms with Gasteiger partial charge in [-0.25, -0.2) is 0 Å². The number of esters is 1. The third kappa shape index (κ3) is 7.65. The average Bonchev–Trinajstić information content (AvgIpc) is 3.17. The highest BCUT2D eigenvalue weighted by Crippen LogP contribution is 2.54. The Morgan fingerprint density at radius 3 is 2.07 bits per heavy atom. The predicted molar refractivity (Wildman–Crippen MR) is 203 cm³/mol. The summed E-state index contributed by atoms with van der Waals surface area (Å²) in [7, 11) is 4.85. The lowest BCUT2D eigenvalue weighted by molar-refractivity contribution is -0.324. The normalized spacial score (nSPS) is 35.9. The number of hydrogen-bond acceptors (Lipinski definition) is 17. The van der Waals surface area contributed by atoms with Crippen LogP contribution >= 0.6 is 0 Å². The van der Waals surface area contributed by atoms with Gasteiger partial charge in [0.2, 0.25) is 5.78 Å². The number of carbonyl (C=O) groups excluding carboxylic acids is 4. The summed E-state index contributed by atoms with van der Waals surface area (Å²) in [6, 6.07) is 3.01. The Kier molecular flexibility index (Phi) is 12.0. The molecule has 17 nitrogen and oxygen atoms in total. The summed E-state index contributed by atoms with van der Waals surface area (Å²) in [5, 5.41) is 56.5. The summed E-state index contributed by atoms with van der Waals surface area (Å²) in [5.74, 6) is -5.90. The summed E-state index contributed by atoms with van der Waals surface area (Å²) in [6.45, 7) is 6.89. The fraction of sp³-hybridized carbons (Fsp3) is 0.619. The first-order valence-electron chi connectivity index (χ1n) is 20.0. The topological polar surface area (TPSA) is 237 Å². The van der Waals surface area contributed by atoms with Crippen LogP contribution in [-0.4, -0.2) is 142 Å². The van der Waals surface area contributed by atoms with E-state index in [1.807, 2.05) is 19.0 Å². The number of aromatic hydroxyl groups is 3. The Balaban J connectivity index is 1.14. The number of rotatable bonds is 9. The van der Waals surface area contributed by atoms with Crippen molar-refractivity contribution in [1.82, 2.24) is 4.90 Å². The summed E-state index contributed by atoms with van der Waals surface area (Å²) in [5.41, 5.74) is -3.58. The van der Waals surface area contributed by atoms with Crippen LogP contribution < -0.4 is 0 Å². The van der Waals surface area contributed by atoms with Gasteiger partial charge in [0.25, 0.3) is 0 Å². The van der Waals surface area contributed by atoms with Crippen LogP contribution in [0.3, 0.4) is 0 Å². The molecular weight excluding hydrogens is 774 g/mol. The molecule has 0 radical (unpaired) electrons. The minimum atomic E-state index is -1.81. The number of carbonyl (C=O) groups is 4. The number of nitrogens with zero attached hydrogens (tertiary/aromatic N) is 1. The zero-order valence-corrected chi connectivity index (χ0v) is 34.1. The van der Waals surface area contributed by atoms with Gasteiger partial charge in [-0.05, 0) is 65.0 Å². The van der Waals surface area contributed by atoms with E-state index in [1.165, 1.54) is 6.07 Å². The molecule has 3 fully saturated rings. The summed E-state index contributed by atoms with van der Waals surface area (Å²) >= 11 is 0. The number of aliphatic hydroxyl groups excluding tert-OH is 1. The van der Waals surface area contributed by atoms with E-state index in [0.717, 1.165) is 19.2 Å². The van der Waals surface area contributed by atoms with Crippen molar-refractivity contribution in [3.05, 3.63) is 51.6 Å². The molecule has 5 aliphatic rings. The zero-order valence-electron chi connectivity index (χ0n) is 34.1. The van der Waals surface area contributed by atoms with Crippen molar-refractivity contribution in [1.29, 1.82) is 0 Å². The molecule has 2 aromatic rings. The number of fused-ring (bicyclic) bond motifs is 3. The average molecular weight is 828 g/mol. The molecule has 2 aliphatic carbocycles. The van der Waals surface area contributed by atoms with Gasteiger partial charge in [-0.2, -0.15) is 0 Å². The Bertz CT molecular complexity index is 1990. The quantitative estimate of drug-likeness (QED) is 0.154. The van der Waals surface area contributed by atoms with Crippen LogP contribution in [0.4, 0.5) is 0 Å². The second-order valence-electron chi connectivity index (χ2n) is 16.4. The summed E-state index contributed by atoms with van der Waals surface area (Å²) in [4.78, 5) is 55.1. The summed E-state index contributed by atoms with van der Waals surface area (Å²) in [6.07, 6.45) is -6.99. The molecule has 3 aliphatic heterocycles. The zero-order chi connectivity index (χ0) is 42.8. The fourth-order valence-electron chi connectivity index (χ4n) is 9.33. The van der Waals surface area contributed by atoms with Crippen LogP contribution in [0.15, 0.2) is 18.2 Å². The van der Waals surface area contributed by atoms with Crippen LogP contribution in [0.2, 0.25) is 0 Å². The van der Waals surface area contributed by atoms with Crippen molar-refractivity contribution in [2.45, 2.75) is 145 Å². The maximum absolute atomic E-state index is 14.0. The Morgan fingerprint density at radius 1 is 0.864 bits per heavy atom. The highest BCUT2D eigenvalue weighted by Gasteiger charge is 2.54. The molecule has 13 atom stereocenters. The van der Waals surface area contributed by atoms with Crippen LogP contribution in [0.1, 0.15) is 121 Å². The Labute approximate surface area is 341 Å². The van der Waals surface area contributed by atoms with E-state index in [9.17, 15) is 44.7 Å². The van der Waals surface area contributed by atoms with Crippen molar-refractivity contribution < 1.29 is 77.9 Å². The number of methoxy groups -OCH3 is 1. The van der Waals surface area contributed by atoms with Crippen molar-refractivity contribution in [2.24, 2.45) is 0 Å². The van der Waals surface area contributed by atoms with E-state index in [0.29, 0.717) is 12.8 Å².